The Bertz CT molecular complexity index is 486. The molecule has 0 spiro atoms. The number of benzene rings is 1. The lowest BCUT2D eigenvalue weighted by Gasteiger charge is -2.15. The monoisotopic (exact) mass is 280 g/mol. The molecule has 0 aliphatic carbocycles. The number of anilines is 1. The molecule has 0 aliphatic heterocycles. The molecule has 1 aromatic rings. The van der Waals surface area contributed by atoms with E-state index >= 15 is 0 Å². The van der Waals surface area contributed by atoms with Crippen molar-refractivity contribution in [2.24, 2.45) is 0 Å². The summed E-state index contributed by atoms with van der Waals surface area (Å²) in [5, 5.41) is 5.45. The SMILES string of the molecule is CNCC(=O)Nc1cc(C(=O)OC)ccc1OC(C)C. The highest BCUT2D eigenvalue weighted by atomic mass is 16.5. The van der Waals surface area contributed by atoms with Crippen LogP contribution in [0.15, 0.2) is 18.2 Å². The van der Waals surface area contributed by atoms with Crippen molar-refractivity contribution in [3.63, 3.8) is 0 Å². The fourth-order valence-electron chi connectivity index (χ4n) is 1.58. The number of ether oxygens (including phenoxy) is 2. The maximum Gasteiger partial charge on any atom is 0.337 e. The van der Waals surface area contributed by atoms with Crippen molar-refractivity contribution in [2.75, 3.05) is 26.0 Å². The van der Waals surface area contributed by atoms with Crippen LogP contribution >= 0.6 is 0 Å². The van der Waals surface area contributed by atoms with E-state index in [0.717, 1.165) is 0 Å². The molecule has 0 saturated carbocycles. The second-order valence-corrected chi connectivity index (χ2v) is 4.45. The summed E-state index contributed by atoms with van der Waals surface area (Å²) in [6.45, 7) is 3.93. The summed E-state index contributed by atoms with van der Waals surface area (Å²) in [7, 11) is 2.98. The predicted molar refractivity (Wildman–Crippen MR) is 76.1 cm³/mol. The zero-order valence-electron chi connectivity index (χ0n) is 12.1. The number of esters is 1. The second-order valence-electron chi connectivity index (χ2n) is 4.45. The van der Waals surface area contributed by atoms with Crippen molar-refractivity contribution in [3.05, 3.63) is 23.8 Å². The summed E-state index contributed by atoms with van der Waals surface area (Å²) in [5.41, 5.74) is 0.796. The lowest BCUT2D eigenvalue weighted by atomic mass is 10.2. The molecule has 1 rings (SSSR count). The maximum atomic E-state index is 11.7. The average molecular weight is 280 g/mol. The standard InChI is InChI=1S/C14H20N2O4/c1-9(2)20-12-6-5-10(14(18)19-4)7-11(12)16-13(17)8-15-3/h5-7,9,15H,8H2,1-4H3,(H,16,17). The van der Waals surface area contributed by atoms with Gasteiger partial charge in [-0.05, 0) is 39.1 Å². The molecule has 0 fully saturated rings. The van der Waals surface area contributed by atoms with Gasteiger partial charge in [-0.1, -0.05) is 0 Å². The predicted octanol–water partition coefficient (Wildman–Crippen LogP) is 1.42. The Kier molecular flexibility index (Phi) is 5.99. The van der Waals surface area contributed by atoms with Crippen LogP contribution in [0.25, 0.3) is 0 Å². The number of amides is 1. The topological polar surface area (TPSA) is 76.7 Å². The van der Waals surface area contributed by atoms with Gasteiger partial charge in [-0.2, -0.15) is 0 Å². The molecule has 0 unspecified atom stereocenters. The molecule has 0 heterocycles. The molecular formula is C14H20N2O4. The number of carbonyl (C=O) groups excluding carboxylic acids is 2. The van der Waals surface area contributed by atoms with Gasteiger partial charge in [0.15, 0.2) is 0 Å². The molecule has 0 saturated heterocycles. The van der Waals surface area contributed by atoms with Crippen molar-refractivity contribution >= 4 is 17.6 Å². The van der Waals surface area contributed by atoms with E-state index in [1.807, 2.05) is 13.8 Å². The lowest BCUT2D eigenvalue weighted by molar-refractivity contribution is -0.115. The summed E-state index contributed by atoms with van der Waals surface area (Å²) in [4.78, 5) is 23.2. The molecule has 1 amide bonds. The van der Waals surface area contributed by atoms with Crippen LogP contribution in [0.4, 0.5) is 5.69 Å². The Balaban J connectivity index is 3.05. The second kappa shape index (κ2) is 7.49. The van der Waals surface area contributed by atoms with E-state index in [-0.39, 0.29) is 18.6 Å². The van der Waals surface area contributed by atoms with E-state index in [0.29, 0.717) is 17.0 Å². The number of rotatable bonds is 6. The van der Waals surface area contributed by atoms with Crippen LogP contribution in [0.3, 0.4) is 0 Å². The lowest BCUT2D eigenvalue weighted by Crippen LogP contribution is -2.25. The molecule has 0 aliphatic rings. The smallest absolute Gasteiger partial charge is 0.337 e. The van der Waals surface area contributed by atoms with E-state index in [1.165, 1.54) is 13.2 Å². The highest BCUT2D eigenvalue weighted by Crippen LogP contribution is 2.27. The molecule has 110 valence electrons. The van der Waals surface area contributed by atoms with Crippen molar-refractivity contribution in [3.8, 4) is 5.75 Å². The molecule has 0 bridgehead atoms. The Hall–Kier alpha value is -2.08. The molecule has 20 heavy (non-hydrogen) atoms. The Morgan fingerprint density at radius 2 is 2.00 bits per heavy atom. The van der Waals surface area contributed by atoms with Gasteiger partial charge in [0.1, 0.15) is 5.75 Å². The van der Waals surface area contributed by atoms with Gasteiger partial charge < -0.3 is 20.1 Å². The average Bonchev–Trinajstić information content (AvgIpc) is 2.39. The third-order valence-electron chi connectivity index (χ3n) is 2.37. The zero-order chi connectivity index (χ0) is 15.1. The minimum Gasteiger partial charge on any atom is -0.489 e. The van der Waals surface area contributed by atoms with E-state index in [4.69, 9.17) is 4.74 Å². The van der Waals surface area contributed by atoms with Crippen molar-refractivity contribution < 1.29 is 19.1 Å². The van der Waals surface area contributed by atoms with Gasteiger partial charge in [0.05, 0.1) is 31.0 Å². The van der Waals surface area contributed by atoms with Gasteiger partial charge in [-0.25, -0.2) is 4.79 Å². The van der Waals surface area contributed by atoms with E-state index < -0.39 is 5.97 Å². The van der Waals surface area contributed by atoms with Crippen LogP contribution in [-0.2, 0) is 9.53 Å². The van der Waals surface area contributed by atoms with Crippen molar-refractivity contribution in [1.82, 2.24) is 5.32 Å². The van der Waals surface area contributed by atoms with Gasteiger partial charge >= 0.3 is 5.97 Å². The van der Waals surface area contributed by atoms with Crippen LogP contribution < -0.4 is 15.4 Å². The first-order chi connectivity index (χ1) is 9.47. The van der Waals surface area contributed by atoms with Crippen LogP contribution in [0, 0.1) is 0 Å². The maximum absolute atomic E-state index is 11.7. The van der Waals surface area contributed by atoms with Crippen LogP contribution in [-0.4, -0.2) is 38.7 Å². The van der Waals surface area contributed by atoms with Crippen LogP contribution in [0.2, 0.25) is 0 Å². The molecule has 1 aromatic carbocycles. The highest BCUT2D eigenvalue weighted by Gasteiger charge is 2.13. The van der Waals surface area contributed by atoms with Crippen LogP contribution in [0.1, 0.15) is 24.2 Å². The Morgan fingerprint density at radius 3 is 2.55 bits per heavy atom. The Morgan fingerprint density at radius 1 is 1.30 bits per heavy atom. The third-order valence-corrected chi connectivity index (χ3v) is 2.37. The highest BCUT2D eigenvalue weighted by molar-refractivity contribution is 5.96. The van der Waals surface area contributed by atoms with Crippen LogP contribution in [0.5, 0.6) is 5.75 Å². The van der Waals surface area contributed by atoms with E-state index in [9.17, 15) is 9.59 Å². The minimum absolute atomic E-state index is 0.0427. The Labute approximate surface area is 118 Å². The molecule has 6 nitrogen and oxygen atoms in total. The van der Waals surface area contributed by atoms with Crippen molar-refractivity contribution in [2.45, 2.75) is 20.0 Å². The number of hydrogen-bond donors (Lipinski definition) is 2. The van der Waals surface area contributed by atoms with Gasteiger partial charge in [0, 0.05) is 0 Å². The van der Waals surface area contributed by atoms with E-state index in [1.54, 1.807) is 19.2 Å². The van der Waals surface area contributed by atoms with Gasteiger partial charge in [0.25, 0.3) is 0 Å². The quantitative estimate of drug-likeness (QED) is 0.771. The molecular weight excluding hydrogens is 260 g/mol. The number of hydrogen-bond acceptors (Lipinski definition) is 5. The number of likely N-dealkylation sites (N-methyl/N-ethyl adjacent to an activating group) is 1. The third kappa shape index (κ3) is 4.55. The van der Waals surface area contributed by atoms with Gasteiger partial charge in [-0.15, -0.1) is 0 Å². The molecule has 0 radical (unpaired) electrons. The van der Waals surface area contributed by atoms with Gasteiger partial charge in [-0.3, -0.25) is 4.79 Å². The first kappa shape index (κ1) is 16.0. The van der Waals surface area contributed by atoms with E-state index in [2.05, 4.69) is 15.4 Å². The summed E-state index contributed by atoms with van der Waals surface area (Å²) in [5.74, 6) is -0.176. The molecule has 6 heteroatoms. The largest absolute Gasteiger partial charge is 0.489 e. The summed E-state index contributed by atoms with van der Waals surface area (Å²) in [6.07, 6.45) is -0.0427. The summed E-state index contributed by atoms with van der Waals surface area (Å²) >= 11 is 0. The first-order valence-electron chi connectivity index (χ1n) is 6.31. The summed E-state index contributed by atoms with van der Waals surface area (Å²) in [6, 6.07) is 4.77. The molecule has 2 N–H and O–H groups in total. The van der Waals surface area contributed by atoms with Crippen molar-refractivity contribution in [1.29, 1.82) is 0 Å². The fourth-order valence-corrected chi connectivity index (χ4v) is 1.58. The minimum atomic E-state index is -0.467. The molecule has 0 aromatic heterocycles. The molecule has 0 atom stereocenters. The number of carbonyl (C=O) groups is 2. The first-order valence-corrected chi connectivity index (χ1v) is 6.31. The number of nitrogens with one attached hydrogen (secondary N) is 2. The normalized spacial score (nSPS) is 10.2. The fraction of sp³-hybridized carbons (Fsp3) is 0.429. The zero-order valence-corrected chi connectivity index (χ0v) is 12.1. The number of methoxy groups -OCH3 is 1. The summed E-state index contributed by atoms with van der Waals surface area (Å²) < 4.78 is 10.3. The van der Waals surface area contributed by atoms with Gasteiger partial charge in [0.2, 0.25) is 5.91 Å².